The highest BCUT2D eigenvalue weighted by Gasteiger charge is 2.19. The lowest BCUT2D eigenvalue weighted by atomic mass is 10.1. The van der Waals surface area contributed by atoms with Gasteiger partial charge in [0.2, 0.25) is 0 Å². The van der Waals surface area contributed by atoms with Gasteiger partial charge in [0.05, 0.1) is 11.8 Å². The summed E-state index contributed by atoms with van der Waals surface area (Å²) < 4.78 is 0. The van der Waals surface area contributed by atoms with Crippen molar-refractivity contribution in [3.63, 3.8) is 0 Å². The van der Waals surface area contributed by atoms with Crippen molar-refractivity contribution in [3.05, 3.63) is 86.8 Å². The van der Waals surface area contributed by atoms with Gasteiger partial charge in [-0.15, -0.1) is 11.3 Å². The molecule has 0 radical (unpaired) electrons. The molecule has 0 spiro atoms. The maximum Gasteiger partial charge on any atom is 0.274 e. The number of hydrogen-bond acceptors (Lipinski definition) is 6. The molecule has 0 saturated heterocycles. The number of nitrogens with one attached hydrogen (secondary N) is 2. The van der Waals surface area contributed by atoms with Crippen molar-refractivity contribution in [2.24, 2.45) is 5.10 Å². The van der Waals surface area contributed by atoms with E-state index in [4.69, 9.17) is 5.11 Å². The molecule has 3 rings (SSSR count). The molecule has 0 unspecified atom stereocenters. The number of anilines is 1. The average Bonchev–Trinajstić information content (AvgIpc) is 3.19. The monoisotopic (exact) mass is 495 g/mol. The molecule has 0 aliphatic rings. The van der Waals surface area contributed by atoms with Crippen molar-refractivity contribution in [1.29, 1.82) is 0 Å². The third-order valence-electron chi connectivity index (χ3n) is 5.24. The fraction of sp³-hybridized carbons (Fsp3) is 0.269. The SMILES string of the molecule is Cc1ccc(C=NNC(=O)c2c(C)csc2NC(=O)c2cccc(CSCCCO)c2)cc1C. The van der Waals surface area contributed by atoms with Crippen molar-refractivity contribution in [2.75, 3.05) is 17.7 Å². The molecule has 0 bridgehead atoms. The number of carbonyl (C=O) groups is 2. The Bertz CT molecular complexity index is 1190. The maximum absolute atomic E-state index is 12.9. The fourth-order valence-corrected chi connectivity index (χ4v) is 5.05. The van der Waals surface area contributed by atoms with Gasteiger partial charge in [0.1, 0.15) is 5.00 Å². The van der Waals surface area contributed by atoms with Gasteiger partial charge in [-0.2, -0.15) is 16.9 Å². The summed E-state index contributed by atoms with van der Waals surface area (Å²) in [5, 5.41) is 18.2. The Morgan fingerprint density at radius 2 is 1.88 bits per heavy atom. The van der Waals surface area contributed by atoms with E-state index in [1.165, 1.54) is 16.9 Å². The van der Waals surface area contributed by atoms with Gasteiger partial charge >= 0.3 is 0 Å². The summed E-state index contributed by atoms with van der Waals surface area (Å²) in [5.41, 5.74) is 8.57. The number of aryl methyl sites for hydroxylation is 3. The van der Waals surface area contributed by atoms with Gasteiger partial charge in [0.15, 0.2) is 0 Å². The van der Waals surface area contributed by atoms with E-state index < -0.39 is 0 Å². The molecule has 0 fully saturated rings. The summed E-state index contributed by atoms with van der Waals surface area (Å²) in [6, 6.07) is 13.4. The van der Waals surface area contributed by atoms with Crippen LogP contribution in [0.25, 0.3) is 0 Å². The van der Waals surface area contributed by atoms with Crippen molar-refractivity contribution < 1.29 is 14.7 Å². The van der Waals surface area contributed by atoms with Crippen LogP contribution < -0.4 is 10.7 Å². The second-order valence-electron chi connectivity index (χ2n) is 7.95. The molecule has 178 valence electrons. The zero-order chi connectivity index (χ0) is 24.5. The summed E-state index contributed by atoms with van der Waals surface area (Å²) >= 11 is 3.03. The fourth-order valence-electron chi connectivity index (χ4n) is 3.22. The Morgan fingerprint density at radius 1 is 1.06 bits per heavy atom. The van der Waals surface area contributed by atoms with Gasteiger partial charge in [-0.05, 0) is 78.3 Å². The van der Waals surface area contributed by atoms with Crippen molar-refractivity contribution in [2.45, 2.75) is 32.9 Å². The molecular formula is C26H29N3O3S2. The van der Waals surface area contributed by atoms with E-state index in [2.05, 4.69) is 15.8 Å². The minimum absolute atomic E-state index is 0.183. The first-order chi connectivity index (χ1) is 16.4. The van der Waals surface area contributed by atoms with Crippen LogP contribution >= 0.6 is 23.1 Å². The maximum atomic E-state index is 12.9. The van der Waals surface area contributed by atoms with Crippen molar-refractivity contribution >= 4 is 46.1 Å². The summed E-state index contributed by atoms with van der Waals surface area (Å²) in [5.74, 6) is 0.997. The summed E-state index contributed by atoms with van der Waals surface area (Å²) in [4.78, 5) is 25.7. The lowest BCUT2D eigenvalue weighted by molar-refractivity contribution is 0.0956. The summed E-state index contributed by atoms with van der Waals surface area (Å²) in [6.45, 7) is 6.09. The predicted molar refractivity (Wildman–Crippen MR) is 142 cm³/mol. The van der Waals surface area contributed by atoms with E-state index in [0.717, 1.165) is 40.2 Å². The number of hydrazone groups is 1. The molecule has 0 saturated carbocycles. The smallest absolute Gasteiger partial charge is 0.274 e. The van der Waals surface area contributed by atoms with Gasteiger partial charge in [0.25, 0.3) is 11.8 Å². The standard InChI is InChI=1S/C26H29N3O3S2/c1-17-8-9-20(12-18(17)2)14-27-29-25(32)23-19(3)15-34-26(23)28-24(31)22-7-4-6-21(13-22)16-33-11-5-10-30/h4,6-9,12-15,30H,5,10-11,16H2,1-3H3,(H,28,31)(H,29,32). The molecule has 3 N–H and O–H groups in total. The highest BCUT2D eigenvalue weighted by Crippen LogP contribution is 2.28. The van der Waals surface area contributed by atoms with Crippen LogP contribution in [0.1, 0.15) is 55.0 Å². The lowest BCUT2D eigenvalue weighted by Crippen LogP contribution is -2.21. The second kappa shape index (κ2) is 12.5. The Hall–Kier alpha value is -2.94. The zero-order valence-electron chi connectivity index (χ0n) is 19.6. The number of aliphatic hydroxyl groups excluding tert-OH is 1. The molecule has 6 nitrogen and oxygen atoms in total. The van der Waals surface area contributed by atoms with Gasteiger partial charge in [-0.25, -0.2) is 5.43 Å². The highest BCUT2D eigenvalue weighted by molar-refractivity contribution is 7.98. The first-order valence-corrected chi connectivity index (χ1v) is 13.0. The largest absolute Gasteiger partial charge is 0.396 e. The number of carbonyl (C=O) groups excluding carboxylic acids is 2. The number of aliphatic hydroxyl groups is 1. The van der Waals surface area contributed by atoms with Crippen LogP contribution in [0.15, 0.2) is 52.9 Å². The molecule has 1 heterocycles. The van der Waals surface area contributed by atoms with E-state index >= 15 is 0 Å². The molecule has 2 aromatic carbocycles. The molecule has 3 aromatic rings. The molecular weight excluding hydrogens is 466 g/mol. The average molecular weight is 496 g/mol. The molecule has 0 aliphatic carbocycles. The van der Waals surface area contributed by atoms with Crippen LogP contribution in [0, 0.1) is 20.8 Å². The van der Waals surface area contributed by atoms with Crippen molar-refractivity contribution in [1.82, 2.24) is 5.43 Å². The van der Waals surface area contributed by atoms with E-state index in [0.29, 0.717) is 16.1 Å². The molecule has 0 atom stereocenters. The molecule has 8 heteroatoms. The Balaban J connectivity index is 1.65. The zero-order valence-corrected chi connectivity index (χ0v) is 21.2. The number of rotatable bonds is 10. The topological polar surface area (TPSA) is 90.8 Å². The van der Waals surface area contributed by atoms with Crippen LogP contribution in [-0.2, 0) is 5.75 Å². The minimum atomic E-state index is -0.372. The molecule has 34 heavy (non-hydrogen) atoms. The number of hydrogen-bond donors (Lipinski definition) is 3. The first-order valence-electron chi connectivity index (χ1n) is 11.0. The van der Waals surface area contributed by atoms with E-state index in [-0.39, 0.29) is 18.4 Å². The molecule has 1 aromatic heterocycles. The van der Waals surface area contributed by atoms with Crippen LogP contribution in [-0.4, -0.2) is 35.5 Å². The predicted octanol–water partition coefficient (Wildman–Crippen LogP) is 5.31. The van der Waals surface area contributed by atoms with E-state index in [1.54, 1.807) is 24.0 Å². The van der Waals surface area contributed by atoms with Crippen LogP contribution in [0.2, 0.25) is 0 Å². The van der Waals surface area contributed by atoms with E-state index in [9.17, 15) is 9.59 Å². The Kier molecular flexibility index (Phi) is 9.44. The first kappa shape index (κ1) is 25.7. The number of thioether (sulfide) groups is 1. The number of benzene rings is 2. The normalized spacial score (nSPS) is 11.1. The van der Waals surface area contributed by atoms with Gasteiger partial charge in [0, 0.05) is 17.9 Å². The van der Waals surface area contributed by atoms with E-state index in [1.807, 2.05) is 62.5 Å². The number of amides is 2. The van der Waals surface area contributed by atoms with Gasteiger partial charge in [-0.1, -0.05) is 30.3 Å². The van der Waals surface area contributed by atoms with Gasteiger partial charge < -0.3 is 10.4 Å². The molecule has 0 aliphatic heterocycles. The van der Waals surface area contributed by atoms with Crippen LogP contribution in [0.5, 0.6) is 0 Å². The minimum Gasteiger partial charge on any atom is -0.396 e. The summed E-state index contributed by atoms with van der Waals surface area (Å²) in [7, 11) is 0. The van der Waals surface area contributed by atoms with Crippen LogP contribution in [0.3, 0.4) is 0 Å². The highest BCUT2D eigenvalue weighted by atomic mass is 32.2. The van der Waals surface area contributed by atoms with Gasteiger partial charge in [-0.3, -0.25) is 9.59 Å². The Morgan fingerprint density at radius 3 is 2.65 bits per heavy atom. The quantitative estimate of drug-likeness (QED) is 0.202. The lowest BCUT2D eigenvalue weighted by Gasteiger charge is -2.08. The number of nitrogens with zero attached hydrogens (tertiary/aromatic N) is 1. The third-order valence-corrected chi connectivity index (χ3v) is 7.37. The van der Waals surface area contributed by atoms with Crippen LogP contribution in [0.4, 0.5) is 5.00 Å². The van der Waals surface area contributed by atoms with Crippen molar-refractivity contribution in [3.8, 4) is 0 Å². The Labute approximate surface area is 208 Å². The third kappa shape index (κ3) is 7.03. The molecule has 2 amide bonds. The second-order valence-corrected chi connectivity index (χ2v) is 9.93. The summed E-state index contributed by atoms with van der Waals surface area (Å²) in [6.07, 6.45) is 2.36. The number of thiophene rings is 1.